The monoisotopic (exact) mass is 844 g/mol. The number of phenols is 1. The SMILES string of the molecule is C=CC(=O)OCCOc1ccc(C(=O)O)cc1.C=CC(=O)OCCOc1ccc(C(=O)Oc2ccc(-c3ccc(C#N)cc3)cc2)cc1.N#Cc1ccc(-c2ccc(O)cc2)cc1. The number of ether oxygens (including phenoxy) is 5. The lowest BCUT2D eigenvalue weighted by Gasteiger charge is -2.08. The van der Waals surface area contributed by atoms with Crippen molar-refractivity contribution in [3.63, 3.8) is 0 Å². The highest BCUT2D eigenvalue weighted by Crippen LogP contribution is 2.24. The third-order valence-electron chi connectivity index (χ3n) is 8.34. The Morgan fingerprint density at radius 1 is 0.492 bits per heavy atom. The third-order valence-corrected chi connectivity index (χ3v) is 8.34. The Labute approximate surface area is 363 Å². The van der Waals surface area contributed by atoms with Crippen molar-refractivity contribution < 1.29 is 53.1 Å². The first-order valence-electron chi connectivity index (χ1n) is 18.9. The van der Waals surface area contributed by atoms with E-state index in [1.165, 1.54) is 12.1 Å². The fourth-order valence-corrected chi connectivity index (χ4v) is 5.11. The number of nitriles is 2. The van der Waals surface area contributed by atoms with Crippen molar-refractivity contribution in [3.8, 4) is 57.4 Å². The van der Waals surface area contributed by atoms with Gasteiger partial charge in [-0.1, -0.05) is 61.7 Å². The number of carbonyl (C=O) groups excluding carboxylic acids is 3. The zero-order valence-corrected chi connectivity index (χ0v) is 33.7. The molecule has 0 unspecified atom stereocenters. The van der Waals surface area contributed by atoms with Crippen molar-refractivity contribution in [1.82, 2.24) is 0 Å². The number of rotatable bonds is 15. The number of carbonyl (C=O) groups is 4. The molecule has 0 fully saturated rings. The van der Waals surface area contributed by atoms with Gasteiger partial charge in [-0.3, -0.25) is 0 Å². The molecule has 0 heterocycles. The molecule has 2 N–H and O–H groups in total. The van der Waals surface area contributed by atoms with Crippen molar-refractivity contribution >= 4 is 23.9 Å². The van der Waals surface area contributed by atoms with E-state index >= 15 is 0 Å². The zero-order chi connectivity index (χ0) is 45.4. The number of esters is 3. The van der Waals surface area contributed by atoms with Crippen LogP contribution in [0.4, 0.5) is 0 Å². The lowest BCUT2D eigenvalue weighted by Crippen LogP contribution is -2.11. The average Bonchev–Trinajstić information content (AvgIpc) is 3.33. The Balaban J connectivity index is 0.000000229. The number of hydrogen-bond donors (Lipinski definition) is 2. The normalized spacial score (nSPS) is 9.68. The lowest BCUT2D eigenvalue weighted by molar-refractivity contribution is -0.139. The van der Waals surface area contributed by atoms with Gasteiger partial charge in [-0.25, -0.2) is 19.2 Å². The molecule has 316 valence electrons. The van der Waals surface area contributed by atoms with Crippen molar-refractivity contribution in [2.75, 3.05) is 26.4 Å². The summed E-state index contributed by atoms with van der Waals surface area (Å²) in [6.45, 7) is 7.17. The number of carboxylic acids is 1. The topological polar surface area (TPSA) is 202 Å². The number of carboxylic acid groups (broad SMARTS) is 1. The summed E-state index contributed by atoms with van der Waals surface area (Å²) in [6, 6.07) is 45.3. The van der Waals surface area contributed by atoms with Gasteiger partial charge in [0.2, 0.25) is 0 Å². The summed E-state index contributed by atoms with van der Waals surface area (Å²) in [6.07, 6.45) is 2.16. The minimum atomic E-state index is -0.989. The first kappa shape index (κ1) is 46.7. The Morgan fingerprint density at radius 3 is 1.21 bits per heavy atom. The van der Waals surface area contributed by atoms with Gasteiger partial charge in [0, 0.05) is 12.2 Å². The molecular formula is C50H40N2O11. The molecule has 0 radical (unpaired) electrons. The van der Waals surface area contributed by atoms with E-state index in [0.717, 1.165) is 34.4 Å². The van der Waals surface area contributed by atoms with Crippen LogP contribution in [0.15, 0.2) is 171 Å². The molecule has 6 aromatic carbocycles. The summed E-state index contributed by atoms with van der Waals surface area (Å²) in [5.74, 6) is -0.753. The van der Waals surface area contributed by atoms with Crippen LogP contribution in [0.25, 0.3) is 22.3 Å². The number of nitrogens with zero attached hydrogens (tertiary/aromatic N) is 2. The maximum atomic E-state index is 12.4. The third kappa shape index (κ3) is 16.0. The first-order chi connectivity index (χ1) is 30.5. The summed E-state index contributed by atoms with van der Waals surface area (Å²) in [7, 11) is 0. The molecule has 0 aliphatic heterocycles. The predicted octanol–water partition coefficient (Wildman–Crippen LogP) is 8.98. The van der Waals surface area contributed by atoms with E-state index in [9.17, 15) is 19.2 Å². The summed E-state index contributed by atoms with van der Waals surface area (Å²) < 4.78 is 25.6. The molecule has 0 aromatic heterocycles. The number of aromatic carboxylic acids is 1. The molecule has 13 nitrogen and oxygen atoms in total. The first-order valence-corrected chi connectivity index (χ1v) is 18.9. The van der Waals surface area contributed by atoms with E-state index < -0.39 is 23.9 Å². The minimum absolute atomic E-state index is 0.104. The van der Waals surface area contributed by atoms with Gasteiger partial charge in [-0.15, -0.1) is 0 Å². The van der Waals surface area contributed by atoms with E-state index in [0.29, 0.717) is 33.9 Å². The van der Waals surface area contributed by atoms with Crippen LogP contribution >= 0.6 is 0 Å². The van der Waals surface area contributed by atoms with E-state index in [4.69, 9.17) is 44.4 Å². The maximum Gasteiger partial charge on any atom is 0.343 e. The van der Waals surface area contributed by atoms with Gasteiger partial charge in [-0.2, -0.15) is 10.5 Å². The van der Waals surface area contributed by atoms with Gasteiger partial charge in [0.1, 0.15) is 49.4 Å². The molecule has 0 amide bonds. The van der Waals surface area contributed by atoms with Gasteiger partial charge < -0.3 is 33.9 Å². The predicted molar refractivity (Wildman–Crippen MR) is 233 cm³/mol. The molecular weight excluding hydrogens is 805 g/mol. The molecule has 6 rings (SSSR count). The summed E-state index contributed by atoms with van der Waals surface area (Å²) in [5, 5.41) is 35.3. The average molecular weight is 845 g/mol. The highest BCUT2D eigenvalue weighted by atomic mass is 16.6. The van der Waals surface area contributed by atoms with Crippen LogP contribution in [-0.4, -0.2) is 60.5 Å². The summed E-state index contributed by atoms with van der Waals surface area (Å²) in [4.78, 5) is 44.6. The van der Waals surface area contributed by atoms with Crippen LogP contribution in [0.2, 0.25) is 0 Å². The molecule has 0 atom stereocenters. The van der Waals surface area contributed by atoms with Gasteiger partial charge in [0.25, 0.3) is 0 Å². The Kier molecular flexibility index (Phi) is 18.4. The highest BCUT2D eigenvalue weighted by Gasteiger charge is 2.10. The molecule has 0 aliphatic rings. The van der Waals surface area contributed by atoms with Crippen molar-refractivity contribution in [2.45, 2.75) is 0 Å². The Morgan fingerprint density at radius 2 is 0.841 bits per heavy atom. The Hall–Kier alpha value is -8.94. The highest BCUT2D eigenvalue weighted by molar-refractivity contribution is 5.91. The summed E-state index contributed by atoms with van der Waals surface area (Å²) >= 11 is 0. The standard InChI is InChI=1S/C25H19NO5.C13H9NO.C12H12O5/c1-2-24(27)30-16-15-29-22-11-9-21(10-12-22)25(28)31-23-13-7-20(8-14-23)19-5-3-18(17-26)4-6-19;14-9-10-1-3-11(4-2-10)12-5-7-13(15)8-6-12;1-2-11(13)17-8-7-16-10-5-3-9(4-6-10)12(14)15/h2-14H,1,15-16H2;1-8,15H;2-6H,1,7-8H2,(H,14,15). The molecule has 13 heteroatoms. The molecule has 0 saturated carbocycles. The molecule has 0 saturated heterocycles. The van der Waals surface area contributed by atoms with Crippen LogP contribution in [0.5, 0.6) is 23.0 Å². The molecule has 63 heavy (non-hydrogen) atoms. The van der Waals surface area contributed by atoms with E-state index in [-0.39, 0.29) is 37.7 Å². The van der Waals surface area contributed by atoms with Gasteiger partial charge in [-0.05, 0) is 119 Å². The largest absolute Gasteiger partial charge is 0.508 e. The summed E-state index contributed by atoms with van der Waals surface area (Å²) in [5.41, 5.74) is 5.79. The van der Waals surface area contributed by atoms with Crippen LogP contribution in [-0.2, 0) is 19.1 Å². The second-order valence-corrected chi connectivity index (χ2v) is 12.6. The van der Waals surface area contributed by atoms with Gasteiger partial charge in [0.05, 0.1) is 34.4 Å². The van der Waals surface area contributed by atoms with E-state index in [1.807, 2.05) is 48.5 Å². The van der Waals surface area contributed by atoms with Crippen molar-refractivity contribution in [3.05, 3.63) is 193 Å². The lowest BCUT2D eigenvalue weighted by atomic mass is 10.0. The second-order valence-electron chi connectivity index (χ2n) is 12.6. The fraction of sp³-hybridized carbons (Fsp3) is 0.0800. The van der Waals surface area contributed by atoms with Crippen LogP contribution in [0.1, 0.15) is 31.8 Å². The quantitative estimate of drug-likeness (QED) is 0.0429. The van der Waals surface area contributed by atoms with E-state index in [2.05, 4.69) is 25.3 Å². The number of aromatic hydroxyl groups is 1. The van der Waals surface area contributed by atoms with Crippen LogP contribution in [0.3, 0.4) is 0 Å². The number of hydrogen-bond acceptors (Lipinski definition) is 12. The number of benzene rings is 6. The molecule has 0 bridgehead atoms. The zero-order valence-electron chi connectivity index (χ0n) is 33.7. The molecule has 0 spiro atoms. The minimum Gasteiger partial charge on any atom is -0.508 e. The van der Waals surface area contributed by atoms with E-state index in [1.54, 1.807) is 84.9 Å². The fourth-order valence-electron chi connectivity index (χ4n) is 5.11. The van der Waals surface area contributed by atoms with Crippen molar-refractivity contribution in [1.29, 1.82) is 10.5 Å². The van der Waals surface area contributed by atoms with Crippen LogP contribution < -0.4 is 14.2 Å². The van der Waals surface area contributed by atoms with Crippen molar-refractivity contribution in [2.24, 2.45) is 0 Å². The number of phenolic OH excluding ortho intramolecular Hbond substituents is 1. The smallest absolute Gasteiger partial charge is 0.343 e. The maximum absolute atomic E-state index is 12.4. The second kappa shape index (κ2) is 24.9. The van der Waals surface area contributed by atoms with Gasteiger partial charge >= 0.3 is 23.9 Å². The van der Waals surface area contributed by atoms with Crippen LogP contribution in [0, 0.1) is 22.7 Å². The van der Waals surface area contributed by atoms with Gasteiger partial charge in [0.15, 0.2) is 0 Å². The molecule has 6 aromatic rings. The Bertz CT molecular complexity index is 2540. The molecule has 0 aliphatic carbocycles.